The number of tetrazole rings is 1. The smallest absolute Gasteiger partial charge is 0.209 e. The van der Waals surface area contributed by atoms with Gasteiger partial charge in [-0.15, -0.1) is 10.2 Å². The number of hydrogen-bond donors (Lipinski definition) is 1. The molecule has 0 radical (unpaired) electrons. The van der Waals surface area contributed by atoms with Gasteiger partial charge in [-0.2, -0.15) is 4.80 Å². The van der Waals surface area contributed by atoms with Crippen molar-refractivity contribution in [2.24, 2.45) is 7.05 Å². The second kappa shape index (κ2) is 3.06. The number of nitrogen functional groups attached to an aromatic ring is 1. The molecule has 1 aromatic heterocycles. The lowest BCUT2D eigenvalue weighted by Crippen LogP contribution is -1.96. The van der Waals surface area contributed by atoms with Crippen LogP contribution < -0.4 is 5.73 Å². The zero-order valence-corrected chi connectivity index (χ0v) is 7.48. The minimum atomic E-state index is -0.446. The second-order valence-electron chi connectivity index (χ2n) is 2.81. The lowest BCUT2D eigenvalue weighted by atomic mass is 10.1. The number of nitrogens with two attached hydrogens (primary N) is 1. The van der Waals surface area contributed by atoms with Gasteiger partial charge in [0.05, 0.1) is 12.6 Å². The summed E-state index contributed by atoms with van der Waals surface area (Å²) in [6.45, 7) is 0. The van der Waals surface area contributed by atoms with E-state index in [1.54, 1.807) is 13.1 Å². The van der Waals surface area contributed by atoms with Crippen LogP contribution in [0.2, 0.25) is 0 Å². The molecule has 1 heterocycles. The molecule has 2 N–H and O–H groups in total. The molecule has 0 aliphatic heterocycles. The maximum Gasteiger partial charge on any atom is 0.209 e. The molecule has 72 valence electrons. The largest absolute Gasteiger partial charge is 0.398 e. The van der Waals surface area contributed by atoms with Crippen molar-refractivity contribution in [3.63, 3.8) is 0 Å². The summed E-state index contributed by atoms with van der Waals surface area (Å²) in [7, 11) is 1.60. The van der Waals surface area contributed by atoms with Gasteiger partial charge in [0.15, 0.2) is 0 Å². The molecule has 0 saturated heterocycles. The fraction of sp³-hybridized carbons (Fsp3) is 0.125. The monoisotopic (exact) mass is 193 g/mol. The number of anilines is 1. The SMILES string of the molecule is Cn1nnc(-c2c(N)cccc2F)n1. The molecule has 5 nitrogen and oxygen atoms in total. The Morgan fingerprint density at radius 1 is 1.43 bits per heavy atom. The summed E-state index contributed by atoms with van der Waals surface area (Å²) in [6.07, 6.45) is 0. The van der Waals surface area contributed by atoms with E-state index >= 15 is 0 Å². The zero-order chi connectivity index (χ0) is 10.1. The lowest BCUT2D eigenvalue weighted by molar-refractivity contribution is 0.626. The quantitative estimate of drug-likeness (QED) is 0.673. The topological polar surface area (TPSA) is 69.6 Å². The highest BCUT2D eigenvalue weighted by Crippen LogP contribution is 2.24. The number of hydrogen-bond acceptors (Lipinski definition) is 4. The molecular formula is C8H8FN5. The fourth-order valence-electron chi connectivity index (χ4n) is 1.16. The third-order valence-corrected chi connectivity index (χ3v) is 1.78. The van der Waals surface area contributed by atoms with E-state index < -0.39 is 5.82 Å². The van der Waals surface area contributed by atoms with Crippen LogP contribution in [0.3, 0.4) is 0 Å². The summed E-state index contributed by atoms with van der Waals surface area (Å²) in [4.78, 5) is 1.25. The van der Waals surface area contributed by atoms with Crippen molar-refractivity contribution in [2.75, 3.05) is 5.73 Å². The van der Waals surface area contributed by atoms with Gasteiger partial charge in [-0.1, -0.05) is 6.07 Å². The summed E-state index contributed by atoms with van der Waals surface area (Å²) in [5, 5.41) is 11.2. The minimum absolute atomic E-state index is 0.195. The number of aromatic nitrogens is 4. The average molecular weight is 193 g/mol. The van der Waals surface area contributed by atoms with Crippen LogP contribution in [0.15, 0.2) is 18.2 Å². The van der Waals surface area contributed by atoms with Crippen molar-refractivity contribution in [3.8, 4) is 11.4 Å². The van der Waals surface area contributed by atoms with Gasteiger partial charge >= 0.3 is 0 Å². The van der Waals surface area contributed by atoms with Gasteiger partial charge in [0.1, 0.15) is 5.82 Å². The summed E-state index contributed by atoms with van der Waals surface area (Å²) in [5.41, 5.74) is 6.10. The molecule has 14 heavy (non-hydrogen) atoms. The number of nitrogens with zero attached hydrogens (tertiary/aromatic N) is 4. The Balaban J connectivity index is 2.61. The molecule has 0 fully saturated rings. The van der Waals surface area contributed by atoms with Crippen molar-refractivity contribution >= 4 is 5.69 Å². The first-order chi connectivity index (χ1) is 6.68. The van der Waals surface area contributed by atoms with Crippen molar-refractivity contribution < 1.29 is 4.39 Å². The normalized spacial score (nSPS) is 10.4. The van der Waals surface area contributed by atoms with Crippen LogP contribution in [0.4, 0.5) is 10.1 Å². The van der Waals surface area contributed by atoms with Gasteiger partial charge in [-0.05, 0) is 17.3 Å². The Bertz CT molecular complexity index is 444. The van der Waals surface area contributed by atoms with E-state index in [-0.39, 0.29) is 11.4 Å². The van der Waals surface area contributed by atoms with Crippen molar-refractivity contribution in [2.45, 2.75) is 0 Å². The maximum absolute atomic E-state index is 13.3. The predicted octanol–water partition coefficient (Wildman–Crippen LogP) is 0.598. The number of benzene rings is 1. The molecule has 0 spiro atoms. The first-order valence-electron chi connectivity index (χ1n) is 3.97. The molecule has 0 unspecified atom stereocenters. The Labute approximate surface area is 79.3 Å². The van der Waals surface area contributed by atoms with Crippen LogP contribution in [0, 0.1) is 5.82 Å². The van der Waals surface area contributed by atoms with Gasteiger partial charge in [0.2, 0.25) is 5.82 Å². The maximum atomic E-state index is 13.3. The molecule has 0 aliphatic carbocycles. The van der Waals surface area contributed by atoms with Gasteiger partial charge in [0, 0.05) is 5.69 Å². The molecule has 0 aliphatic rings. The molecule has 2 aromatic rings. The third-order valence-electron chi connectivity index (χ3n) is 1.78. The molecule has 6 heteroatoms. The van der Waals surface area contributed by atoms with Crippen LogP contribution in [0.25, 0.3) is 11.4 Å². The predicted molar refractivity (Wildman–Crippen MR) is 48.6 cm³/mol. The van der Waals surface area contributed by atoms with E-state index in [2.05, 4.69) is 15.4 Å². The molecule has 0 amide bonds. The molecule has 0 atom stereocenters. The summed E-state index contributed by atoms with van der Waals surface area (Å²) in [5.74, 6) is -0.249. The van der Waals surface area contributed by atoms with Gasteiger partial charge < -0.3 is 5.73 Å². The highest BCUT2D eigenvalue weighted by molar-refractivity contribution is 5.71. The van der Waals surface area contributed by atoms with E-state index in [0.29, 0.717) is 5.69 Å². The lowest BCUT2D eigenvalue weighted by Gasteiger charge is -2.00. The standard InChI is InChI=1S/C8H8FN5/c1-14-12-8(11-13-14)7-5(9)3-2-4-6(7)10/h2-4H,10H2,1H3. The molecule has 1 aromatic carbocycles. The summed E-state index contributed by atoms with van der Waals surface area (Å²) >= 11 is 0. The summed E-state index contributed by atoms with van der Waals surface area (Å²) < 4.78 is 13.3. The first kappa shape index (κ1) is 8.61. The van der Waals surface area contributed by atoms with Gasteiger partial charge in [-0.3, -0.25) is 0 Å². The Morgan fingerprint density at radius 3 is 2.79 bits per heavy atom. The van der Waals surface area contributed by atoms with Crippen molar-refractivity contribution in [1.29, 1.82) is 0 Å². The number of aryl methyl sites for hydroxylation is 1. The van der Waals surface area contributed by atoms with E-state index in [1.807, 2.05) is 0 Å². The van der Waals surface area contributed by atoms with Crippen LogP contribution in [0.5, 0.6) is 0 Å². The highest BCUT2D eigenvalue weighted by atomic mass is 19.1. The van der Waals surface area contributed by atoms with Crippen molar-refractivity contribution in [1.82, 2.24) is 20.2 Å². The molecule has 0 saturated carbocycles. The average Bonchev–Trinajstić information content (AvgIpc) is 2.51. The molecular weight excluding hydrogens is 185 g/mol. The Morgan fingerprint density at radius 2 is 2.21 bits per heavy atom. The first-order valence-corrected chi connectivity index (χ1v) is 3.97. The molecule has 2 rings (SSSR count). The van der Waals surface area contributed by atoms with Gasteiger partial charge in [-0.25, -0.2) is 4.39 Å². The van der Waals surface area contributed by atoms with E-state index in [4.69, 9.17) is 5.73 Å². The number of rotatable bonds is 1. The van der Waals surface area contributed by atoms with E-state index in [9.17, 15) is 4.39 Å². The van der Waals surface area contributed by atoms with Crippen molar-refractivity contribution in [3.05, 3.63) is 24.0 Å². The third kappa shape index (κ3) is 1.30. The van der Waals surface area contributed by atoms with E-state index in [1.165, 1.54) is 16.9 Å². The zero-order valence-electron chi connectivity index (χ0n) is 7.48. The highest BCUT2D eigenvalue weighted by Gasteiger charge is 2.13. The van der Waals surface area contributed by atoms with Crippen LogP contribution in [-0.4, -0.2) is 20.2 Å². The van der Waals surface area contributed by atoms with Crippen LogP contribution in [0.1, 0.15) is 0 Å². The fourth-order valence-corrected chi connectivity index (χ4v) is 1.16. The van der Waals surface area contributed by atoms with Crippen LogP contribution >= 0.6 is 0 Å². The van der Waals surface area contributed by atoms with Crippen LogP contribution in [-0.2, 0) is 7.05 Å². The summed E-state index contributed by atoms with van der Waals surface area (Å²) in [6, 6.07) is 4.43. The van der Waals surface area contributed by atoms with Gasteiger partial charge in [0.25, 0.3) is 0 Å². The Hall–Kier alpha value is -1.98. The minimum Gasteiger partial charge on any atom is -0.398 e. The molecule has 0 bridgehead atoms. The number of halogens is 1. The Kier molecular flexibility index (Phi) is 1.88. The second-order valence-corrected chi connectivity index (χ2v) is 2.81. The van der Waals surface area contributed by atoms with E-state index in [0.717, 1.165) is 0 Å².